The fraction of sp³-hybridized carbons (Fsp3) is 1.00. The molecule has 2 atom stereocenters. The van der Waals surface area contributed by atoms with Gasteiger partial charge in [0.2, 0.25) is 0 Å². The molecule has 106 valence electrons. The van der Waals surface area contributed by atoms with Crippen molar-refractivity contribution in [3.8, 4) is 0 Å². The van der Waals surface area contributed by atoms with E-state index in [1.165, 1.54) is 51.6 Å². The largest absolute Gasteiger partial charge is 0.329 e. The molecule has 0 radical (unpaired) electrons. The quantitative estimate of drug-likeness (QED) is 0.812. The monoisotopic (exact) mass is 253 g/mol. The highest BCUT2D eigenvalue weighted by molar-refractivity contribution is 4.94. The normalized spacial score (nSPS) is 30.2. The Labute approximate surface area is 113 Å². The smallest absolute Gasteiger partial charge is 0.0306 e. The highest BCUT2D eigenvalue weighted by Gasteiger charge is 2.37. The van der Waals surface area contributed by atoms with Crippen LogP contribution in [-0.2, 0) is 0 Å². The van der Waals surface area contributed by atoms with Crippen LogP contribution in [0.4, 0.5) is 0 Å². The molecule has 2 unspecified atom stereocenters. The lowest BCUT2D eigenvalue weighted by molar-refractivity contribution is 0.0248. The minimum absolute atomic E-state index is 0.202. The third-order valence-corrected chi connectivity index (χ3v) is 5.39. The van der Waals surface area contributed by atoms with Gasteiger partial charge in [-0.15, -0.1) is 0 Å². The van der Waals surface area contributed by atoms with Crippen molar-refractivity contribution < 1.29 is 0 Å². The van der Waals surface area contributed by atoms with E-state index in [1.807, 2.05) is 0 Å². The van der Waals surface area contributed by atoms with Crippen molar-refractivity contribution in [2.75, 3.05) is 33.7 Å². The second-order valence-electron chi connectivity index (χ2n) is 6.87. The first-order valence-electron chi connectivity index (χ1n) is 7.67. The number of nitrogens with two attached hydrogens (primary N) is 1. The molecule has 3 heteroatoms. The summed E-state index contributed by atoms with van der Waals surface area (Å²) in [7, 11) is 4.54. The Balaban J connectivity index is 1.95. The summed E-state index contributed by atoms with van der Waals surface area (Å²) >= 11 is 0. The Morgan fingerprint density at radius 2 is 2.00 bits per heavy atom. The van der Waals surface area contributed by atoms with E-state index in [0.717, 1.165) is 12.5 Å². The number of piperidine rings is 1. The maximum atomic E-state index is 6.12. The van der Waals surface area contributed by atoms with E-state index in [4.69, 9.17) is 5.73 Å². The van der Waals surface area contributed by atoms with Crippen molar-refractivity contribution in [2.45, 2.75) is 57.0 Å². The van der Waals surface area contributed by atoms with E-state index in [1.54, 1.807) is 0 Å². The molecule has 0 aromatic carbocycles. The first kappa shape index (κ1) is 14.3. The molecule has 18 heavy (non-hydrogen) atoms. The number of nitrogens with zero attached hydrogens (tertiary/aromatic N) is 2. The molecular weight excluding hydrogens is 222 g/mol. The topological polar surface area (TPSA) is 32.5 Å². The Morgan fingerprint density at radius 1 is 1.28 bits per heavy atom. The second-order valence-corrected chi connectivity index (χ2v) is 6.87. The molecule has 1 aliphatic carbocycles. The van der Waals surface area contributed by atoms with Crippen LogP contribution < -0.4 is 5.73 Å². The van der Waals surface area contributed by atoms with Crippen LogP contribution in [0.5, 0.6) is 0 Å². The third-order valence-electron chi connectivity index (χ3n) is 5.39. The summed E-state index contributed by atoms with van der Waals surface area (Å²) in [5, 5.41) is 0. The molecule has 2 rings (SSSR count). The van der Waals surface area contributed by atoms with Crippen LogP contribution in [0.15, 0.2) is 0 Å². The van der Waals surface area contributed by atoms with Crippen molar-refractivity contribution >= 4 is 0 Å². The molecule has 0 spiro atoms. The van der Waals surface area contributed by atoms with Crippen molar-refractivity contribution in [2.24, 2.45) is 11.7 Å². The molecule has 0 aromatic heterocycles. The molecule has 1 aliphatic heterocycles. The Hall–Kier alpha value is -0.120. The molecule has 1 saturated heterocycles. The number of likely N-dealkylation sites (tertiary alicyclic amines) is 1. The molecule has 3 nitrogen and oxygen atoms in total. The lowest BCUT2D eigenvalue weighted by Gasteiger charge is -2.48. The molecule has 1 saturated carbocycles. The SMILES string of the molecule is CN1CCCC(N(C)C(C)(CN)CC2CCC2)C1. The van der Waals surface area contributed by atoms with E-state index < -0.39 is 0 Å². The summed E-state index contributed by atoms with van der Waals surface area (Å²) in [5.74, 6) is 0.933. The van der Waals surface area contributed by atoms with Crippen molar-refractivity contribution in [3.63, 3.8) is 0 Å². The van der Waals surface area contributed by atoms with Gasteiger partial charge >= 0.3 is 0 Å². The highest BCUT2D eigenvalue weighted by Crippen LogP contribution is 2.36. The van der Waals surface area contributed by atoms with Crippen LogP contribution in [0.2, 0.25) is 0 Å². The van der Waals surface area contributed by atoms with Gasteiger partial charge in [0.25, 0.3) is 0 Å². The van der Waals surface area contributed by atoms with Gasteiger partial charge in [0.05, 0.1) is 0 Å². The maximum absolute atomic E-state index is 6.12. The van der Waals surface area contributed by atoms with Gasteiger partial charge in [-0.25, -0.2) is 0 Å². The average Bonchev–Trinajstić information content (AvgIpc) is 2.32. The van der Waals surface area contributed by atoms with Gasteiger partial charge in [-0.1, -0.05) is 19.3 Å². The van der Waals surface area contributed by atoms with Gasteiger partial charge in [-0.05, 0) is 52.7 Å². The predicted octanol–water partition coefficient (Wildman–Crippen LogP) is 1.92. The van der Waals surface area contributed by atoms with E-state index in [0.29, 0.717) is 6.04 Å². The summed E-state index contributed by atoms with van der Waals surface area (Å²) in [4.78, 5) is 5.06. The van der Waals surface area contributed by atoms with Gasteiger partial charge in [0, 0.05) is 24.7 Å². The fourth-order valence-electron chi connectivity index (χ4n) is 3.59. The van der Waals surface area contributed by atoms with E-state index in [2.05, 4.69) is 30.8 Å². The Morgan fingerprint density at radius 3 is 2.50 bits per heavy atom. The molecule has 1 heterocycles. The molecule has 2 fully saturated rings. The van der Waals surface area contributed by atoms with Gasteiger partial charge in [-0.2, -0.15) is 0 Å². The summed E-state index contributed by atoms with van der Waals surface area (Å²) < 4.78 is 0. The first-order valence-corrected chi connectivity index (χ1v) is 7.67. The number of rotatable bonds is 5. The van der Waals surface area contributed by atoms with E-state index in [-0.39, 0.29) is 5.54 Å². The molecule has 0 amide bonds. The van der Waals surface area contributed by atoms with E-state index >= 15 is 0 Å². The average molecular weight is 253 g/mol. The number of hydrogen-bond donors (Lipinski definition) is 1. The van der Waals surface area contributed by atoms with Crippen LogP contribution in [0.3, 0.4) is 0 Å². The molecule has 2 aliphatic rings. The minimum atomic E-state index is 0.202. The lowest BCUT2D eigenvalue weighted by atomic mass is 9.75. The van der Waals surface area contributed by atoms with Crippen LogP contribution in [0.1, 0.15) is 45.4 Å². The van der Waals surface area contributed by atoms with Gasteiger partial charge < -0.3 is 10.6 Å². The Bertz CT molecular complexity index is 264. The van der Waals surface area contributed by atoms with Gasteiger partial charge in [0.15, 0.2) is 0 Å². The van der Waals surface area contributed by atoms with Crippen molar-refractivity contribution in [1.29, 1.82) is 0 Å². The molecule has 0 aromatic rings. The molecule has 2 N–H and O–H groups in total. The zero-order valence-corrected chi connectivity index (χ0v) is 12.5. The van der Waals surface area contributed by atoms with Crippen LogP contribution in [-0.4, -0.2) is 55.1 Å². The number of likely N-dealkylation sites (N-methyl/N-ethyl adjacent to an activating group) is 2. The summed E-state index contributed by atoms with van der Waals surface area (Å²) in [5.41, 5.74) is 6.32. The second kappa shape index (κ2) is 5.89. The summed E-state index contributed by atoms with van der Waals surface area (Å²) in [6.45, 7) is 5.63. The Kier molecular flexibility index (Phi) is 4.68. The van der Waals surface area contributed by atoms with E-state index in [9.17, 15) is 0 Å². The highest BCUT2D eigenvalue weighted by atomic mass is 15.3. The first-order chi connectivity index (χ1) is 8.55. The number of hydrogen-bond acceptors (Lipinski definition) is 3. The van der Waals surface area contributed by atoms with Crippen LogP contribution >= 0.6 is 0 Å². The maximum Gasteiger partial charge on any atom is 0.0306 e. The predicted molar refractivity (Wildman–Crippen MR) is 77.7 cm³/mol. The standard InChI is InChI=1S/C15H31N3/c1-15(12-16,10-13-6-4-7-13)18(3)14-8-5-9-17(2)11-14/h13-14H,4-12,16H2,1-3H3. The fourth-order valence-corrected chi connectivity index (χ4v) is 3.59. The third kappa shape index (κ3) is 3.06. The van der Waals surface area contributed by atoms with Crippen LogP contribution in [0.25, 0.3) is 0 Å². The summed E-state index contributed by atoms with van der Waals surface area (Å²) in [6, 6.07) is 0.692. The molecule has 0 bridgehead atoms. The van der Waals surface area contributed by atoms with Gasteiger partial charge in [0.1, 0.15) is 0 Å². The minimum Gasteiger partial charge on any atom is -0.329 e. The zero-order valence-electron chi connectivity index (χ0n) is 12.5. The lowest BCUT2D eigenvalue weighted by Crippen LogP contribution is -2.58. The van der Waals surface area contributed by atoms with Crippen LogP contribution in [0, 0.1) is 5.92 Å². The molecular formula is C15H31N3. The van der Waals surface area contributed by atoms with Crippen molar-refractivity contribution in [1.82, 2.24) is 9.80 Å². The summed E-state index contributed by atoms with van der Waals surface area (Å²) in [6.07, 6.45) is 8.24. The van der Waals surface area contributed by atoms with Crippen molar-refractivity contribution in [3.05, 3.63) is 0 Å². The van der Waals surface area contributed by atoms with Gasteiger partial charge in [-0.3, -0.25) is 4.90 Å². The zero-order chi connectivity index (χ0) is 13.2.